The van der Waals surface area contributed by atoms with Crippen LogP contribution in [-0.4, -0.2) is 16.3 Å². The quantitative estimate of drug-likeness (QED) is 0.865. The lowest BCUT2D eigenvalue weighted by atomic mass is 10.2. The van der Waals surface area contributed by atoms with Gasteiger partial charge in [0.15, 0.2) is 0 Å². The Morgan fingerprint density at radius 3 is 2.71 bits per heavy atom. The molecule has 1 N–H and O–H groups in total. The summed E-state index contributed by atoms with van der Waals surface area (Å²) >= 11 is 1.21. The number of aliphatic hydroxyl groups excluding tert-OH is 1. The molecule has 0 aliphatic rings. The molecule has 3 nitrogen and oxygen atoms in total. The number of pyridine rings is 1. The molecule has 2 aromatic heterocycles. The second-order valence-electron chi connectivity index (χ2n) is 4.05. The fourth-order valence-electron chi connectivity index (χ4n) is 1.78. The van der Waals surface area contributed by atoms with Crippen LogP contribution in [0.4, 0.5) is 13.2 Å². The Bertz CT molecular complexity index is 750. The summed E-state index contributed by atoms with van der Waals surface area (Å²) in [6.07, 6.45) is -4.60. The number of hydrogen-bond acceptors (Lipinski definition) is 3. The largest absolute Gasteiger partial charge is 0.431 e. The van der Waals surface area contributed by atoms with Gasteiger partial charge in [0.2, 0.25) is 0 Å². The predicted octanol–water partition coefficient (Wildman–Crippen LogP) is 2.32. The number of alkyl halides is 3. The molecular weight excluding hydrogens is 303 g/mol. The molecule has 7 heteroatoms. The van der Waals surface area contributed by atoms with Gasteiger partial charge in [0, 0.05) is 16.5 Å². The van der Waals surface area contributed by atoms with Crippen molar-refractivity contribution in [2.75, 3.05) is 6.61 Å². The summed E-state index contributed by atoms with van der Waals surface area (Å²) in [6, 6.07) is 4.68. The Balaban J connectivity index is 2.46. The van der Waals surface area contributed by atoms with E-state index in [-0.39, 0.29) is 13.2 Å². The number of halogens is 3. The Kier molecular flexibility index (Phi) is 4.50. The van der Waals surface area contributed by atoms with Crippen molar-refractivity contribution in [1.29, 1.82) is 0 Å². The van der Waals surface area contributed by atoms with Crippen LogP contribution in [0.3, 0.4) is 0 Å². The molecule has 0 fully saturated rings. The van der Waals surface area contributed by atoms with Gasteiger partial charge in [-0.25, -0.2) is 0 Å². The fourth-order valence-corrected chi connectivity index (χ4v) is 2.60. The summed E-state index contributed by atoms with van der Waals surface area (Å²) < 4.78 is 39.5. The fraction of sp³-hybridized carbons (Fsp3) is 0.214. The van der Waals surface area contributed by atoms with E-state index in [1.807, 2.05) is 0 Å². The molecule has 21 heavy (non-hydrogen) atoms. The van der Waals surface area contributed by atoms with Crippen molar-refractivity contribution < 1.29 is 18.3 Å². The molecule has 0 spiro atoms. The molecule has 0 aliphatic carbocycles. The Labute approximate surface area is 122 Å². The van der Waals surface area contributed by atoms with Crippen LogP contribution in [0, 0.1) is 11.8 Å². The van der Waals surface area contributed by atoms with Crippen LogP contribution in [0.5, 0.6) is 0 Å². The van der Waals surface area contributed by atoms with Crippen LogP contribution in [0.15, 0.2) is 34.4 Å². The average Bonchev–Trinajstić information content (AvgIpc) is 2.84. The first-order valence-corrected chi connectivity index (χ1v) is 6.74. The lowest BCUT2D eigenvalue weighted by molar-refractivity contribution is -0.144. The first kappa shape index (κ1) is 15.4. The third-order valence-electron chi connectivity index (χ3n) is 2.69. The van der Waals surface area contributed by atoms with Gasteiger partial charge in [-0.15, -0.1) is 11.3 Å². The molecule has 0 unspecified atom stereocenters. The van der Waals surface area contributed by atoms with E-state index in [0.29, 0.717) is 15.0 Å². The Hall–Kier alpha value is -2.04. The van der Waals surface area contributed by atoms with Crippen LogP contribution in [0.2, 0.25) is 0 Å². The van der Waals surface area contributed by atoms with Crippen molar-refractivity contribution in [3.8, 4) is 11.8 Å². The molecule has 110 valence electrons. The molecule has 0 amide bonds. The van der Waals surface area contributed by atoms with E-state index >= 15 is 0 Å². The lowest BCUT2D eigenvalue weighted by Crippen LogP contribution is -2.27. The van der Waals surface area contributed by atoms with Gasteiger partial charge >= 0.3 is 6.18 Å². The summed E-state index contributed by atoms with van der Waals surface area (Å²) in [5, 5.41) is 10.3. The normalized spacial score (nSPS) is 11.0. The third kappa shape index (κ3) is 3.54. The summed E-state index contributed by atoms with van der Waals surface area (Å²) in [6.45, 7) is -0.546. The van der Waals surface area contributed by atoms with Crippen molar-refractivity contribution in [3.05, 3.63) is 56.1 Å². The number of nitrogens with zero attached hydrogens (tertiary/aromatic N) is 1. The minimum Gasteiger partial charge on any atom is -0.384 e. The van der Waals surface area contributed by atoms with Gasteiger partial charge in [-0.05, 0) is 17.5 Å². The zero-order valence-corrected chi connectivity index (χ0v) is 11.5. The van der Waals surface area contributed by atoms with E-state index in [9.17, 15) is 18.0 Å². The topological polar surface area (TPSA) is 42.2 Å². The SMILES string of the molecule is O=c1cccc(C(F)(F)F)n1Cc1sccc1C#CCO. The van der Waals surface area contributed by atoms with Crippen molar-refractivity contribution >= 4 is 11.3 Å². The molecule has 0 bridgehead atoms. The van der Waals surface area contributed by atoms with Crippen LogP contribution < -0.4 is 5.56 Å². The highest BCUT2D eigenvalue weighted by Gasteiger charge is 2.34. The second-order valence-corrected chi connectivity index (χ2v) is 5.05. The number of hydrogen-bond donors (Lipinski definition) is 1. The molecule has 0 aromatic carbocycles. The molecule has 0 atom stereocenters. The molecular formula is C14H10F3NO2S. The first-order chi connectivity index (χ1) is 9.93. The standard InChI is InChI=1S/C14H10F3NO2S/c15-14(16,17)12-4-1-5-13(20)18(12)9-11-10(3-2-7-19)6-8-21-11/h1,4-6,8,19H,7,9H2. The van der Waals surface area contributed by atoms with Crippen molar-refractivity contribution in [3.63, 3.8) is 0 Å². The van der Waals surface area contributed by atoms with Crippen molar-refractivity contribution in [2.24, 2.45) is 0 Å². The molecule has 0 saturated carbocycles. The smallest absolute Gasteiger partial charge is 0.384 e. The summed E-state index contributed by atoms with van der Waals surface area (Å²) in [7, 11) is 0. The van der Waals surface area contributed by atoms with Gasteiger partial charge in [0.25, 0.3) is 5.56 Å². The monoisotopic (exact) mass is 313 g/mol. The Morgan fingerprint density at radius 1 is 1.29 bits per heavy atom. The van der Waals surface area contributed by atoms with E-state index in [4.69, 9.17) is 5.11 Å². The highest BCUT2D eigenvalue weighted by molar-refractivity contribution is 7.10. The van der Waals surface area contributed by atoms with Gasteiger partial charge in [-0.3, -0.25) is 9.36 Å². The number of aliphatic hydroxyl groups is 1. The van der Waals surface area contributed by atoms with Gasteiger partial charge in [0.05, 0.1) is 6.54 Å². The van der Waals surface area contributed by atoms with Gasteiger partial charge in [0.1, 0.15) is 12.3 Å². The van der Waals surface area contributed by atoms with Crippen molar-refractivity contribution in [2.45, 2.75) is 12.7 Å². The first-order valence-electron chi connectivity index (χ1n) is 5.86. The number of rotatable bonds is 2. The maximum absolute atomic E-state index is 12.9. The van der Waals surface area contributed by atoms with Gasteiger partial charge in [-0.2, -0.15) is 13.2 Å². The molecule has 0 aliphatic heterocycles. The van der Waals surface area contributed by atoms with E-state index in [1.54, 1.807) is 11.4 Å². The predicted molar refractivity (Wildman–Crippen MR) is 73.1 cm³/mol. The maximum Gasteiger partial charge on any atom is 0.431 e. The molecule has 2 aromatic rings. The molecule has 0 saturated heterocycles. The summed E-state index contributed by atoms with van der Waals surface area (Å²) in [5.41, 5.74) is -1.21. The van der Waals surface area contributed by atoms with Gasteiger partial charge < -0.3 is 5.11 Å². The second kappa shape index (κ2) is 6.16. The molecule has 2 rings (SSSR count). The van der Waals surface area contributed by atoms with Crippen LogP contribution in [-0.2, 0) is 12.7 Å². The van der Waals surface area contributed by atoms with Crippen LogP contribution in [0.25, 0.3) is 0 Å². The lowest BCUT2D eigenvalue weighted by Gasteiger charge is -2.14. The number of aromatic nitrogens is 1. The average molecular weight is 313 g/mol. The number of thiophene rings is 1. The Morgan fingerprint density at radius 2 is 2.05 bits per heavy atom. The van der Waals surface area contributed by atoms with Crippen LogP contribution in [0.1, 0.15) is 16.1 Å². The molecule has 0 radical (unpaired) electrons. The van der Waals surface area contributed by atoms with E-state index in [1.165, 1.54) is 11.3 Å². The van der Waals surface area contributed by atoms with Crippen LogP contribution >= 0.6 is 11.3 Å². The maximum atomic E-state index is 12.9. The van der Waals surface area contributed by atoms with E-state index in [0.717, 1.165) is 18.2 Å². The minimum absolute atomic E-state index is 0.207. The van der Waals surface area contributed by atoms with E-state index < -0.39 is 17.4 Å². The summed E-state index contributed by atoms with van der Waals surface area (Å²) in [5.74, 6) is 5.09. The minimum atomic E-state index is -4.60. The van der Waals surface area contributed by atoms with Crippen molar-refractivity contribution in [1.82, 2.24) is 4.57 Å². The van der Waals surface area contributed by atoms with E-state index in [2.05, 4.69) is 11.8 Å². The zero-order chi connectivity index (χ0) is 15.5. The highest BCUT2D eigenvalue weighted by atomic mass is 32.1. The summed E-state index contributed by atoms with van der Waals surface area (Å²) in [4.78, 5) is 12.3. The zero-order valence-electron chi connectivity index (χ0n) is 10.6. The third-order valence-corrected chi connectivity index (χ3v) is 3.60. The molecule has 2 heterocycles. The highest BCUT2D eigenvalue weighted by Crippen LogP contribution is 2.29. The van der Waals surface area contributed by atoms with Gasteiger partial charge in [-0.1, -0.05) is 17.9 Å².